The molecule has 0 aliphatic carbocycles. The molecule has 2 aromatic heterocycles. The van der Waals surface area contributed by atoms with Gasteiger partial charge >= 0.3 is 0 Å². The maximum atomic E-state index is 5.63. The van der Waals surface area contributed by atoms with Gasteiger partial charge in [0.05, 0.1) is 4.88 Å². The number of aromatic amines is 1. The van der Waals surface area contributed by atoms with Gasteiger partial charge in [-0.05, 0) is 30.8 Å². The Hall–Kier alpha value is -1.13. The molecule has 80 valence electrons. The second kappa shape index (κ2) is 4.59. The molecule has 2 aromatic rings. The second-order valence-corrected chi connectivity index (χ2v) is 4.35. The Morgan fingerprint density at radius 2 is 2.40 bits per heavy atom. The van der Waals surface area contributed by atoms with Crippen molar-refractivity contribution in [1.29, 1.82) is 0 Å². The van der Waals surface area contributed by atoms with Crippen molar-refractivity contribution in [2.75, 3.05) is 6.54 Å². The highest BCUT2D eigenvalue weighted by Gasteiger charge is 2.13. The number of thiophene rings is 1. The lowest BCUT2D eigenvalue weighted by Gasteiger charge is -2.00. The van der Waals surface area contributed by atoms with Crippen molar-refractivity contribution in [1.82, 2.24) is 10.2 Å². The molecule has 0 radical (unpaired) electrons. The molecule has 3 nitrogen and oxygen atoms in total. The molecular weight excluding hydrogens is 206 g/mol. The summed E-state index contributed by atoms with van der Waals surface area (Å²) in [6.07, 6.45) is 1.88. The Morgan fingerprint density at radius 1 is 1.53 bits per heavy atom. The van der Waals surface area contributed by atoms with Crippen LogP contribution in [0.1, 0.15) is 18.2 Å². The number of H-pyrrole nitrogens is 1. The number of nitrogens with one attached hydrogen (secondary N) is 1. The SMILES string of the molecule is CCc1[nH]nc(-c2cccs2)c1CCN. The standard InChI is InChI=1S/C11H15N3S/c1-2-9-8(5-6-12)11(14-13-9)10-4-3-7-15-10/h3-4,7H,2,5-6,12H2,1H3,(H,13,14). The van der Waals surface area contributed by atoms with E-state index in [1.807, 2.05) is 6.07 Å². The van der Waals surface area contributed by atoms with Crippen LogP contribution in [-0.2, 0) is 12.8 Å². The van der Waals surface area contributed by atoms with Crippen molar-refractivity contribution in [3.8, 4) is 10.6 Å². The largest absolute Gasteiger partial charge is 0.330 e. The van der Waals surface area contributed by atoms with Crippen LogP contribution in [0.4, 0.5) is 0 Å². The molecule has 15 heavy (non-hydrogen) atoms. The Kier molecular flexibility index (Phi) is 3.18. The monoisotopic (exact) mass is 221 g/mol. The molecule has 0 saturated carbocycles. The van der Waals surface area contributed by atoms with Gasteiger partial charge in [-0.2, -0.15) is 5.10 Å². The molecule has 0 aromatic carbocycles. The summed E-state index contributed by atoms with van der Waals surface area (Å²) in [7, 11) is 0. The van der Waals surface area contributed by atoms with Crippen molar-refractivity contribution in [2.45, 2.75) is 19.8 Å². The molecule has 0 atom stereocenters. The van der Waals surface area contributed by atoms with Crippen LogP contribution in [0.2, 0.25) is 0 Å². The number of rotatable bonds is 4. The lowest BCUT2D eigenvalue weighted by Crippen LogP contribution is -2.04. The molecule has 0 aliphatic heterocycles. The van der Waals surface area contributed by atoms with E-state index in [0.29, 0.717) is 6.54 Å². The Morgan fingerprint density at radius 3 is 3.00 bits per heavy atom. The van der Waals surface area contributed by atoms with Crippen molar-refractivity contribution in [2.24, 2.45) is 5.73 Å². The smallest absolute Gasteiger partial charge is 0.106 e. The van der Waals surface area contributed by atoms with E-state index < -0.39 is 0 Å². The molecule has 0 fully saturated rings. The second-order valence-electron chi connectivity index (χ2n) is 3.40. The van der Waals surface area contributed by atoms with E-state index in [1.165, 1.54) is 16.1 Å². The summed E-state index contributed by atoms with van der Waals surface area (Å²) in [5.41, 5.74) is 9.20. The van der Waals surface area contributed by atoms with Gasteiger partial charge in [0.1, 0.15) is 5.69 Å². The summed E-state index contributed by atoms with van der Waals surface area (Å²) < 4.78 is 0. The van der Waals surface area contributed by atoms with Crippen LogP contribution in [0.25, 0.3) is 10.6 Å². The molecule has 0 amide bonds. The first kappa shape index (κ1) is 10.4. The first-order valence-corrected chi connectivity index (χ1v) is 6.04. The van der Waals surface area contributed by atoms with E-state index in [0.717, 1.165) is 18.5 Å². The molecule has 0 aliphatic rings. The van der Waals surface area contributed by atoms with Crippen LogP contribution < -0.4 is 5.73 Å². The average Bonchev–Trinajstić information content (AvgIpc) is 2.85. The van der Waals surface area contributed by atoms with E-state index >= 15 is 0 Å². The maximum absolute atomic E-state index is 5.63. The molecular formula is C11H15N3S. The number of hydrogen-bond donors (Lipinski definition) is 2. The van der Waals surface area contributed by atoms with E-state index in [4.69, 9.17) is 5.73 Å². The zero-order chi connectivity index (χ0) is 10.7. The van der Waals surface area contributed by atoms with Crippen molar-refractivity contribution >= 4 is 11.3 Å². The van der Waals surface area contributed by atoms with Gasteiger partial charge in [0.2, 0.25) is 0 Å². The van der Waals surface area contributed by atoms with Crippen molar-refractivity contribution in [3.05, 3.63) is 28.8 Å². The summed E-state index contributed by atoms with van der Waals surface area (Å²) in [6.45, 7) is 2.80. The van der Waals surface area contributed by atoms with Crippen LogP contribution in [-0.4, -0.2) is 16.7 Å². The summed E-state index contributed by atoms with van der Waals surface area (Å²) in [4.78, 5) is 1.22. The zero-order valence-corrected chi connectivity index (χ0v) is 9.60. The lowest BCUT2D eigenvalue weighted by atomic mass is 10.1. The topological polar surface area (TPSA) is 54.7 Å². The maximum Gasteiger partial charge on any atom is 0.106 e. The minimum atomic E-state index is 0.672. The number of aryl methyl sites for hydroxylation is 1. The van der Waals surface area contributed by atoms with Crippen LogP contribution in [0, 0.1) is 0 Å². The minimum absolute atomic E-state index is 0.672. The first-order chi connectivity index (χ1) is 7.36. The lowest BCUT2D eigenvalue weighted by molar-refractivity contribution is 0.921. The molecule has 2 rings (SSSR count). The third-order valence-corrected chi connectivity index (χ3v) is 3.33. The number of nitrogens with zero attached hydrogens (tertiary/aromatic N) is 1. The third-order valence-electron chi connectivity index (χ3n) is 2.46. The number of aromatic nitrogens is 2. The quantitative estimate of drug-likeness (QED) is 0.831. The first-order valence-electron chi connectivity index (χ1n) is 5.16. The average molecular weight is 221 g/mol. The summed E-state index contributed by atoms with van der Waals surface area (Å²) in [5.74, 6) is 0. The predicted molar refractivity (Wildman–Crippen MR) is 64.0 cm³/mol. The van der Waals surface area contributed by atoms with Gasteiger partial charge in [0, 0.05) is 11.3 Å². The number of hydrogen-bond acceptors (Lipinski definition) is 3. The van der Waals surface area contributed by atoms with Gasteiger partial charge in [-0.1, -0.05) is 13.0 Å². The Balaban J connectivity index is 2.43. The van der Waals surface area contributed by atoms with Gasteiger partial charge in [0.25, 0.3) is 0 Å². The summed E-state index contributed by atoms with van der Waals surface area (Å²) >= 11 is 1.72. The van der Waals surface area contributed by atoms with Gasteiger partial charge in [-0.25, -0.2) is 0 Å². The van der Waals surface area contributed by atoms with Crippen molar-refractivity contribution < 1.29 is 0 Å². The summed E-state index contributed by atoms with van der Waals surface area (Å²) in [6, 6.07) is 4.15. The fourth-order valence-electron chi connectivity index (χ4n) is 1.72. The zero-order valence-electron chi connectivity index (χ0n) is 8.79. The molecule has 0 bridgehead atoms. The Labute approximate surface area is 93.3 Å². The van der Waals surface area contributed by atoms with Crippen LogP contribution >= 0.6 is 11.3 Å². The van der Waals surface area contributed by atoms with E-state index in [9.17, 15) is 0 Å². The molecule has 2 heterocycles. The molecule has 0 unspecified atom stereocenters. The number of nitrogens with two attached hydrogens (primary N) is 1. The molecule has 0 saturated heterocycles. The van der Waals surface area contributed by atoms with Crippen LogP contribution in [0.5, 0.6) is 0 Å². The molecule has 0 spiro atoms. The third kappa shape index (κ3) is 1.96. The highest BCUT2D eigenvalue weighted by atomic mass is 32.1. The van der Waals surface area contributed by atoms with Crippen LogP contribution in [0.15, 0.2) is 17.5 Å². The highest BCUT2D eigenvalue weighted by Crippen LogP contribution is 2.28. The van der Waals surface area contributed by atoms with E-state index in [2.05, 4.69) is 28.6 Å². The fourth-order valence-corrected chi connectivity index (χ4v) is 2.47. The fraction of sp³-hybridized carbons (Fsp3) is 0.364. The summed E-state index contributed by atoms with van der Waals surface area (Å²) in [5, 5.41) is 9.55. The normalized spacial score (nSPS) is 10.8. The van der Waals surface area contributed by atoms with Crippen molar-refractivity contribution in [3.63, 3.8) is 0 Å². The van der Waals surface area contributed by atoms with Gasteiger partial charge in [0.15, 0.2) is 0 Å². The van der Waals surface area contributed by atoms with E-state index in [-0.39, 0.29) is 0 Å². The van der Waals surface area contributed by atoms with Crippen LogP contribution in [0.3, 0.4) is 0 Å². The predicted octanol–water partition coefficient (Wildman–Crippen LogP) is 2.20. The van der Waals surface area contributed by atoms with E-state index in [1.54, 1.807) is 11.3 Å². The minimum Gasteiger partial charge on any atom is -0.330 e. The van der Waals surface area contributed by atoms with Gasteiger partial charge in [-0.3, -0.25) is 5.10 Å². The molecule has 3 N–H and O–H groups in total. The van der Waals surface area contributed by atoms with Gasteiger partial charge < -0.3 is 5.73 Å². The van der Waals surface area contributed by atoms with Gasteiger partial charge in [-0.15, -0.1) is 11.3 Å². The molecule has 4 heteroatoms. The Bertz CT molecular complexity index is 417. The highest BCUT2D eigenvalue weighted by molar-refractivity contribution is 7.13.